The Hall–Kier alpha value is -0.0400. The Balaban J connectivity index is 0.00000144. The van der Waals surface area contributed by atoms with Crippen LogP contribution in [0, 0.1) is 5.92 Å². The number of urea groups is 1. The Morgan fingerprint density at radius 1 is 1.32 bits per heavy atom. The first-order valence-corrected chi connectivity index (χ1v) is 7.82. The van der Waals surface area contributed by atoms with Crippen LogP contribution in [0.1, 0.15) is 12.8 Å². The quantitative estimate of drug-likeness (QED) is 0.636. The van der Waals surface area contributed by atoms with Crippen molar-refractivity contribution in [3.05, 3.63) is 0 Å². The van der Waals surface area contributed by atoms with E-state index in [1.807, 2.05) is 0 Å². The molecule has 12 heteroatoms. The van der Waals surface area contributed by atoms with E-state index in [1.165, 1.54) is 0 Å². The number of hydrogen-bond donors (Lipinski definition) is 0. The third-order valence-corrected chi connectivity index (χ3v) is 5.30. The van der Waals surface area contributed by atoms with Gasteiger partial charge in [-0.2, -0.15) is 13.5 Å². The van der Waals surface area contributed by atoms with Gasteiger partial charge in [0.25, 0.3) is 0 Å². The number of fused-ring (bicyclic) bond motifs is 3. The molecule has 0 aromatic carbocycles. The predicted molar refractivity (Wildman–Crippen MR) is 65.8 cm³/mol. The fraction of sp³-hybridized carbons (Fsp3) is 0.900. The smallest absolute Gasteiger partial charge is 0.380 e. The van der Waals surface area contributed by atoms with Crippen molar-refractivity contribution in [2.24, 2.45) is 5.92 Å². The molecule has 4 heterocycles. The largest absolute Gasteiger partial charge is 0.423 e. The molecule has 2 atom stereocenters. The van der Waals surface area contributed by atoms with Crippen LogP contribution in [0.25, 0.3) is 0 Å². The summed E-state index contributed by atoms with van der Waals surface area (Å²) in [4.78, 5) is 12.9. The van der Waals surface area contributed by atoms with E-state index in [-0.39, 0.29) is 62.2 Å². The number of alkyl halides is 2. The Kier molecular flexibility index (Phi) is 3.80. The molecule has 4 saturated heterocycles. The van der Waals surface area contributed by atoms with Crippen LogP contribution in [0.3, 0.4) is 0 Å². The van der Waals surface area contributed by atoms with Crippen LogP contribution in [0.2, 0.25) is 0 Å². The molecular formula is C10H12F2N2NaO6S. The van der Waals surface area contributed by atoms with Crippen LogP contribution in [0.5, 0.6) is 0 Å². The zero-order valence-corrected chi connectivity index (χ0v) is 14.5. The molecule has 0 unspecified atom stereocenters. The van der Waals surface area contributed by atoms with Crippen molar-refractivity contribution in [3.8, 4) is 0 Å². The first-order valence-electron chi connectivity index (χ1n) is 6.48. The molecule has 0 N–H and O–H groups in total. The molecule has 4 aliphatic rings. The van der Waals surface area contributed by atoms with Gasteiger partial charge < -0.3 is 4.74 Å². The molecule has 2 amide bonds. The number of carbonyl (C=O) groups is 1. The van der Waals surface area contributed by atoms with E-state index in [9.17, 15) is 22.0 Å². The maximum absolute atomic E-state index is 14.9. The summed E-state index contributed by atoms with van der Waals surface area (Å²) in [5, 5.41) is 0.622. The molecule has 22 heavy (non-hydrogen) atoms. The summed E-state index contributed by atoms with van der Waals surface area (Å²) in [5.41, 5.74) is -2.53. The summed E-state index contributed by atoms with van der Waals surface area (Å²) in [6, 6.07) is -1.46. The van der Waals surface area contributed by atoms with Crippen molar-refractivity contribution in [1.29, 1.82) is 0 Å². The standard InChI is InChI=1S/C10H12F2N2O6S.Na/c11-10(12,6-4-18-5-6)9-2-1-7-3-13(9)8(15)14(7)20-21(16,17)19-9;/h6-7H,1-5H2;/t7-,9+;/m1./s1. The van der Waals surface area contributed by atoms with Gasteiger partial charge in [-0.3, -0.25) is 4.90 Å². The van der Waals surface area contributed by atoms with Crippen molar-refractivity contribution < 1.29 is 35.2 Å². The van der Waals surface area contributed by atoms with Gasteiger partial charge in [0.2, 0.25) is 5.72 Å². The SMILES string of the molecule is O=C1N2OS(=O)(=O)O[C@]3(C(F)(F)C4COC4)CC[C@@H]2CN13.[Na]. The first-order chi connectivity index (χ1) is 9.77. The molecule has 1 radical (unpaired) electrons. The molecule has 119 valence electrons. The van der Waals surface area contributed by atoms with E-state index in [0.29, 0.717) is 5.06 Å². The van der Waals surface area contributed by atoms with Gasteiger partial charge in [-0.25, -0.2) is 17.8 Å². The molecule has 4 rings (SSSR count). The average Bonchev–Trinajstić information content (AvgIpc) is 2.48. The van der Waals surface area contributed by atoms with E-state index in [4.69, 9.17) is 8.92 Å². The molecule has 4 fully saturated rings. The van der Waals surface area contributed by atoms with Gasteiger partial charge in [-0.05, 0) is 6.42 Å². The monoisotopic (exact) mass is 349 g/mol. The van der Waals surface area contributed by atoms with Crippen molar-refractivity contribution in [2.45, 2.75) is 30.5 Å². The molecule has 0 aliphatic carbocycles. The second-order valence-corrected chi connectivity index (χ2v) is 6.75. The Labute approximate surface area is 147 Å². The van der Waals surface area contributed by atoms with Gasteiger partial charge in [0.1, 0.15) is 0 Å². The molecule has 3 bridgehead atoms. The van der Waals surface area contributed by atoms with Crippen LogP contribution in [-0.4, -0.2) is 91.4 Å². The Morgan fingerprint density at radius 3 is 2.59 bits per heavy atom. The van der Waals surface area contributed by atoms with Gasteiger partial charge in [0, 0.05) is 42.5 Å². The van der Waals surface area contributed by atoms with Crippen LogP contribution in [0.4, 0.5) is 13.6 Å². The van der Waals surface area contributed by atoms with E-state index in [1.54, 1.807) is 0 Å². The second-order valence-electron chi connectivity index (χ2n) is 5.62. The fourth-order valence-electron chi connectivity index (χ4n) is 3.27. The topological polar surface area (TPSA) is 85.4 Å². The maximum atomic E-state index is 14.9. The summed E-state index contributed by atoms with van der Waals surface area (Å²) in [6.45, 7) is -0.445. The van der Waals surface area contributed by atoms with Crippen LogP contribution < -0.4 is 0 Å². The van der Waals surface area contributed by atoms with Crippen LogP contribution >= 0.6 is 0 Å². The van der Waals surface area contributed by atoms with Gasteiger partial charge >= 0.3 is 22.4 Å². The zero-order valence-electron chi connectivity index (χ0n) is 11.7. The van der Waals surface area contributed by atoms with Crippen molar-refractivity contribution in [1.82, 2.24) is 9.96 Å². The average molecular weight is 349 g/mol. The molecule has 4 aliphatic heterocycles. The molecule has 8 nitrogen and oxygen atoms in total. The minimum absolute atomic E-state index is 0. The van der Waals surface area contributed by atoms with Crippen molar-refractivity contribution in [3.63, 3.8) is 0 Å². The zero-order chi connectivity index (χ0) is 15.0. The number of piperidine rings is 1. The van der Waals surface area contributed by atoms with Gasteiger partial charge in [-0.15, -0.1) is 4.28 Å². The maximum Gasteiger partial charge on any atom is 0.423 e. The fourth-order valence-corrected chi connectivity index (χ4v) is 4.31. The third kappa shape index (κ3) is 2.00. The molecule has 0 spiro atoms. The minimum atomic E-state index is -4.73. The van der Waals surface area contributed by atoms with E-state index in [0.717, 1.165) is 4.90 Å². The molecule has 0 aromatic heterocycles. The minimum Gasteiger partial charge on any atom is -0.380 e. The van der Waals surface area contributed by atoms with E-state index >= 15 is 0 Å². The van der Waals surface area contributed by atoms with E-state index < -0.39 is 40.0 Å². The number of ether oxygens (including phenoxy) is 1. The summed E-state index contributed by atoms with van der Waals surface area (Å²) in [7, 11) is -4.73. The number of hydrogen-bond acceptors (Lipinski definition) is 6. The number of hydroxylamine groups is 2. The number of halogens is 2. The summed E-state index contributed by atoms with van der Waals surface area (Å²) < 4.78 is 67.2. The Morgan fingerprint density at radius 2 is 2.00 bits per heavy atom. The number of rotatable bonds is 2. The summed E-state index contributed by atoms with van der Waals surface area (Å²) >= 11 is 0. The second kappa shape index (κ2) is 4.98. The van der Waals surface area contributed by atoms with Gasteiger partial charge in [0.15, 0.2) is 0 Å². The molecule has 0 aromatic rings. The molecular weight excluding hydrogens is 337 g/mol. The van der Waals surface area contributed by atoms with E-state index in [2.05, 4.69) is 4.28 Å². The van der Waals surface area contributed by atoms with Crippen molar-refractivity contribution in [2.75, 3.05) is 19.8 Å². The normalized spacial score (nSPS) is 36.8. The first kappa shape index (κ1) is 16.8. The number of amides is 2. The predicted octanol–water partition coefficient (Wildman–Crippen LogP) is -0.310. The van der Waals surface area contributed by atoms with Crippen LogP contribution in [0.15, 0.2) is 0 Å². The molecule has 0 saturated carbocycles. The summed E-state index contributed by atoms with van der Waals surface area (Å²) in [6.07, 6.45) is -0.0904. The number of nitrogens with zero attached hydrogens (tertiary/aromatic N) is 2. The van der Waals surface area contributed by atoms with Crippen LogP contribution in [-0.2, 0) is 23.6 Å². The van der Waals surface area contributed by atoms with Gasteiger partial charge in [-0.1, -0.05) is 0 Å². The summed E-state index contributed by atoms with van der Waals surface area (Å²) in [5.74, 6) is -4.74. The Bertz CT molecular complexity index is 615. The van der Waals surface area contributed by atoms with Gasteiger partial charge in [0.05, 0.1) is 25.2 Å². The van der Waals surface area contributed by atoms with Crippen molar-refractivity contribution >= 4 is 46.0 Å². The third-order valence-electron chi connectivity index (χ3n) is 4.48. The number of carbonyl (C=O) groups excluding carboxylic acids is 1.